The molecular formula is C14H20N4O. The molecule has 5 nitrogen and oxygen atoms in total. The molecule has 0 spiro atoms. The van der Waals surface area contributed by atoms with Crippen molar-refractivity contribution in [2.75, 3.05) is 31.9 Å². The van der Waals surface area contributed by atoms with E-state index in [0.29, 0.717) is 6.04 Å². The topological polar surface area (TPSA) is 61.6 Å². The van der Waals surface area contributed by atoms with Crippen LogP contribution in [0.15, 0.2) is 18.2 Å². The number of fused-ring (bicyclic) bond motifs is 1. The van der Waals surface area contributed by atoms with Gasteiger partial charge in [0.15, 0.2) is 0 Å². The lowest BCUT2D eigenvalue weighted by Crippen LogP contribution is -2.51. The SMILES string of the molecule is Cc1c(N)cccc1CN1CCN2C(=O)NCC2C1. The predicted octanol–water partition coefficient (Wildman–Crippen LogP) is 0.787. The van der Waals surface area contributed by atoms with Crippen molar-refractivity contribution in [2.24, 2.45) is 0 Å². The summed E-state index contributed by atoms with van der Waals surface area (Å²) < 4.78 is 0. The minimum absolute atomic E-state index is 0.0878. The van der Waals surface area contributed by atoms with Crippen LogP contribution in [-0.4, -0.2) is 48.1 Å². The van der Waals surface area contributed by atoms with Gasteiger partial charge in [0.2, 0.25) is 0 Å². The molecule has 1 aromatic carbocycles. The van der Waals surface area contributed by atoms with Crippen molar-refractivity contribution in [3.05, 3.63) is 29.3 Å². The molecule has 1 atom stereocenters. The third-order valence-corrected chi connectivity index (χ3v) is 4.20. The maximum absolute atomic E-state index is 11.6. The number of nitrogens with one attached hydrogen (secondary N) is 1. The van der Waals surface area contributed by atoms with Crippen molar-refractivity contribution < 1.29 is 4.79 Å². The molecule has 3 rings (SSSR count). The fourth-order valence-corrected chi connectivity index (χ4v) is 2.93. The molecular weight excluding hydrogens is 240 g/mol. The highest BCUT2D eigenvalue weighted by atomic mass is 16.2. The smallest absolute Gasteiger partial charge is 0.317 e. The van der Waals surface area contributed by atoms with E-state index in [1.165, 1.54) is 11.1 Å². The van der Waals surface area contributed by atoms with E-state index in [1.54, 1.807) is 0 Å². The summed E-state index contributed by atoms with van der Waals surface area (Å²) >= 11 is 0. The summed E-state index contributed by atoms with van der Waals surface area (Å²) in [5.41, 5.74) is 9.26. The van der Waals surface area contributed by atoms with Crippen LogP contribution in [0.4, 0.5) is 10.5 Å². The molecule has 2 heterocycles. The van der Waals surface area contributed by atoms with Crippen molar-refractivity contribution in [1.29, 1.82) is 0 Å². The van der Waals surface area contributed by atoms with Gasteiger partial charge in [-0.25, -0.2) is 4.79 Å². The van der Waals surface area contributed by atoms with E-state index in [1.807, 2.05) is 17.0 Å². The Balaban J connectivity index is 1.68. The zero-order chi connectivity index (χ0) is 13.4. The number of carbonyl (C=O) groups excluding carboxylic acids is 1. The minimum Gasteiger partial charge on any atom is -0.399 e. The van der Waals surface area contributed by atoms with Gasteiger partial charge in [0.1, 0.15) is 0 Å². The fourth-order valence-electron chi connectivity index (χ4n) is 2.93. The number of nitrogens with two attached hydrogens (primary N) is 1. The predicted molar refractivity (Wildman–Crippen MR) is 74.8 cm³/mol. The number of rotatable bonds is 2. The number of benzene rings is 1. The maximum atomic E-state index is 11.6. The number of nitrogens with zero attached hydrogens (tertiary/aromatic N) is 2. The summed E-state index contributed by atoms with van der Waals surface area (Å²) in [4.78, 5) is 15.9. The van der Waals surface area contributed by atoms with Gasteiger partial charge in [-0.05, 0) is 24.1 Å². The van der Waals surface area contributed by atoms with Crippen molar-refractivity contribution in [3.63, 3.8) is 0 Å². The molecule has 0 radical (unpaired) electrons. The Labute approximate surface area is 113 Å². The molecule has 1 aromatic rings. The lowest BCUT2D eigenvalue weighted by molar-refractivity contribution is 0.116. The molecule has 3 N–H and O–H groups in total. The number of nitrogen functional groups attached to an aromatic ring is 1. The van der Waals surface area contributed by atoms with E-state index in [2.05, 4.69) is 23.2 Å². The highest BCUT2D eigenvalue weighted by Gasteiger charge is 2.35. The Kier molecular flexibility index (Phi) is 3.06. The monoisotopic (exact) mass is 260 g/mol. The molecule has 0 bridgehead atoms. The van der Waals surface area contributed by atoms with E-state index < -0.39 is 0 Å². The van der Waals surface area contributed by atoms with Crippen LogP contribution in [-0.2, 0) is 6.54 Å². The first-order valence-corrected chi connectivity index (χ1v) is 6.76. The number of piperazine rings is 1. The first-order valence-electron chi connectivity index (χ1n) is 6.76. The van der Waals surface area contributed by atoms with Gasteiger partial charge in [-0.1, -0.05) is 12.1 Å². The van der Waals surface area contributed by atoms with Crippen LogP contribution in [0.1, 0.15) is 11.1 Å². The Bertz CT molecular complexity index is 502. The second-order valence-corrected chi connectivity index (χ2v) is 5.40. The average molecular weight is 260 g/mol. The third kappa shape index (κ3) is 2.26. The van der Waals surface area contributed by atoms with E-state index in [4.69, 9.17) is 5.73 Å². The first kappa shape index (κ1) is 12.3. The summed E-state index contributed by atoms with van der Waals surface area (Å²) in [5, 5.41) is 2.91. The second-order valence-electron chi connectivity index (χ2n) is 5.40. The van der Waals surface area contributed by atoms with Gasteiger partial charge in [0.05, 0.1) is 6.04 Å². The number of urea groups is 1. The van der Waals surface area contributed by atoms with E-state index >= 15 is 0 Å². The Hall–Kier alpha value is -1.75. The summed E-state index contributed by atoms with van der Waals surface area (Å²) in [6.07, 6.45) is 0. The number of amides is 2. The summed E-state index contributed by atoms with van der Waals surface area (Å²) in [5.74, 6) is 0. The molecule has 1 unspecified atom stereocenters. The molecule has 102 valence electrons. The van der Waals surface area contributed by atoms with E-state index in [0.717, 1.165) is 38.4 Å². The van der Waals surface area contributed by atoms with Crippen molar-refractivity contribution in [1.82, 2.24) is 15.1 Å². The van der Waals surface area contributed by atoms with Crippen LogP contribution in [0.25, 0.3) is 0 Å². The lowest BCUT2D eigenvalue weighted by atomic mass is 10.1. The van der Waals surface area contributed by atoms with Gasteiger partial charge in [-0.2, -0.15) is 0 Å². The molecule has 5 heteroatoms. The van der Waals surface area contributed by atoms with Crippen LogP contribution in [0.5, 0.6) is 0 Å². The van der Waals surface area contributed by atoms with Crippen molar-refractivity contribution >= 4 is 11.7 Å². The molecule has 0 aromatic heterocycles. The average Bonchev–Trinajstić information content (AvgIpc) is 2.76. The van der Waals surface area contributed by atoms with Gasteiger partial charge < -0.3 is 16.0 Å². The Morgan fingerprint density at radius 2 is 2.26 bits per heavy atom. The largest absolute Gasteiger partial charge is 0.399 e. The fraction of sp³-hybridized carbons (Fsp3) is 0.500. The summed E-state index contributed by atoms with van der Waals surface area (Å²) in [7, 11) is 0. The quantitative estimate of drug-likeness (QED) is 0.773. The third-order valence-electron chi connectivity index (χ3n) is 4.20. The lowest BCUT2D eigenvalue weighted by Gasteiger charge is -2.36. The van der Waals surface area contributed by atoms with Crippen molar-refractivity contribution in [3.8, 4) is 0 Å². The maximum Gasteiger partial charge on any atom is 0.317 e. The van der Waals surface area contributed by atoms with Gasteiger partial charge >= 0.3 is 6.03 Å². The number of anilines is 1. The molecule has 2 amide bonds. The number of hydrogen-bond donors (Lipinski definition) is 2. The zero-order valence-corrected chi connectivity index (χ0v) is 11.2. The molecule has 19 heavy (non-hydrogen) atoms. The zero-order valence-electron chi connectivity index (χ0n) is 11.2. The van der Waals surface area contributed by atoms with Crippen LogP contribution in [0.2, 0.25) is 0 Å². The number of hydrogen-bond acceptors (Lipinski definition) is 3. The Morgan fingerprint density at radius 3 is 3.11 bits per heavy atom. The van der Waals surface area contributed by atoms with Crippen LogP contribution in [0.3, 0.4) is 0 Å². The normalized spacial score (nSPS) is 23.3. The van der Waals surface area contributed by atoms with Crippen LogP contribution >= 0.6 is 0 Å². The van der Waals surface area contributed by atoms with E-state index in [9.17, 15) is 4.79 Å². The molecule has 2 saturated heterocycles. The molecule has 0 aliphatic carbocycles. The Morgan fingerprint density at radius 1 is 1.42 bits per heavy atom. The standard InChI is InChI=1S/C14H20N4O/c1-10-11(3-2-4-13(10)15)8-17-5-6-18-12(9-17)7-16-14(18)19/h2-4,12H,5-9,15H2,1H3,(H,16,19). The highest BCUT2D eigenvalue weighted by Crippen LogP contribution is 2.20. The molecule has 2 aliphatic heterocycles. The van der Waals surface area contributed by atoms with Gasteiger partial charge in [0.25, 0.3) is 0 Å². The first-order chi connectivity index (χ1) is 9.15. The highest BCUT2D eigenvalue weighted by molar-refractivity contribution is 5.77. The second kappa shape index (κ2) is 4.74. The molecule has 0 saturated carbocycles. The molecule has 2 fully saturated rings. The van der Waals surface area contributed by atoms with Crippen LogP contribution in [0, 0.1) is 6.92 Å². The minimum atomic E-state index is 0.0878. The van der Waals surface area contributed by atoms with Gasteiger partial charge in [-0.15, -0.1) is 0 Å². The number of carbonyl (C=O) groups is 1. The van der Waals surface area contributed by atoms with E-state index in [-0.39, 0.29) is 6.03 Å². The molecule has 2 aliphatic rings. The summed E-state index contributed by atoms with van der Waals surface area (Å²) in [6.45, 7) is 6.44. The van der Waals surface area contributed by atoms with Crippen molar-refractivity contribution in [2.45, 2.75) is 19.5 Å². The van der Waals surface area contributed by atoms with Gasteiger partial charge in [-0.3, -0.25) is 4.90 Å². The van der Waals surface area contributed by atoms with Gasteiger partial charge in [0, 0.05) is 38.4 Å². The van der Waals surface area contributed by atoms with Crippen LogP contribution < -0.4 is 11.1 Å². The summed E-state index contributed by atoms with van der Waals surface area (Å²) in [6, 6.07) is 6.49.